The van der Waals surface area contributed by atoms with Crippen LogP contribution in [0.2, 0.25) is 0 Å². The zero-order valence-corrected chi connectivity index (χ0v) is 18.6. The summed E-state index contributed by atoms with van der Waals surface area (Å²) < 4.78 is 44.4. The zero-order chi connectivity index (χ0) is 23.5. The molecule has 8 nitrogen and oxygen atoms in total. The highest BCUT2D eigenvalue weighted by Crippen LogP contribution is 2.34. The van der Waals surface area contributed by atoms with Crippen LogP contribution in [0, 0.1) is 17.2 Å². The zero-order valence-electron chi connectivity index (χ0n) is 17.8. The number of carbonyl (C=O) groups excluding carboxylic acids is 1. The lowest BCUT2D eigenvalue weighted by atomic mass is 9.96. The average Bonchev–Trinajstić information content (AvgIpc) is 3.41. The predicted molar refractivity (Wildman–Crippen MR) is 113 cm³/mol. The summed E-state index contributed by atoms with van der Waals surface area (Å²) in [5.74, 6) is 0.808. The highest BCUT2D eigenvalue weighted by Gasteiger charge is 2.30. The molecule has 12 heteroatoms. The summed E-state index contributed by atoms with van der Waals surface area (Å²) in [5.41, 5.74) is 7.62. The Hall–Kier alpha value is -2.49. The molecule has 1 aliphatic rings. The van der Waals surface area contributed by atoms with E-state index in [2.05, 4.69) is 21.1 Å². The van der Waals surface area contributed by atoms with Gasteiger partial charge in [0.2, 0.25) is 5.88 Å². The third-order valence-corrected chi connectivity index (χ3v) is 6.08. The van der Waals surface area contributed by atoms with Crippen molar-refractivity contribution in [2.24, 2.45) is 18.7 Å². The number of aldehydes is 1. The molecule has 2 N–H and O–H groups in total. The standard InChI is InChI=1S/C17H22F2N6OS.C3H5FO/c1-24-17(12(6-20)8-23-24)26-9-11-2-4-25(5-3-11)13(7-21)15-14(16(18)19)22-10-27-15;4-2-1-3-5/h8,10-11,13,16H,2-5,7,9,21H2,1H3;3H,1-2H2. The minimum atomic E-state index is -2.58. The van der Waals surface area contributed by atoms with Gasteiger partial charge in [-0.1, -0.05) is 0 Å². The molecule has 0 saturated carbocycles. The van der Waals surface area contributed by atoms with Crippen molar-refractivity contribution >= 4 is 17.6 Å². The largest absolute Gasteiger partial charge is 0.477 e. The predicted octanol–water partition coefficient (Wildman–Crippen LogP) is 3.02. The van der Waals surface area contributed by atoms with Gasteiger partial charge < -0.3 is 15.3 Å². The lowest BCUT2D eigenvalue weighted by Crippen LogP contribution is -2.41. The molecular weight excluding hydrogens is 445 g/mol. The van der Waals surface area contributed by atoms with E-state index >= 15 is 0 Å². The summed E-state index contributed by atoms with van der Waals surface area (Å²) in [6.07, 6.45) is 1.25. The monoisotopic (exact) mass is 472 g/mol. The van der Waals surface area contributed by atoms with Crippen molar-refractivity contribution in [2.75, 3.05) is 32.9 Å². The highest BCUT2D eigenvalue weighted by atomic mass is 32.1. The quantitative estimate of drug-likeness (QED) is 0.559. The Labute approximate surface area is 188 Å². The van der Waals surface area contributed by atoms with Crippen molar-refractivity contribution in [3.8, 4) is 11.9 Å². The molecule has 0 aliphatic carbocycles. The third-order valence-electron chi connectivity index (χ3n) is 5.13. The first-order valence-corrected chi connectivity index (χ1v) is 11.0. The van der Waals surface area contributed by atoms with Crippen LogP contribution in [-0.2, 0) is 11.8 Å². The maximum Gasteiger partial charge on any atom is 0.281 e. The van der Waals surface area contributed by atoms with Crippen LogP contribution in [0.5, 0.6) is 5.88 Å². The molecule has 1 unspecified atom stereocenters. The Balaban J connectivity index is 0.000000654. The fraction of sp³-hybridized carbons (Fsp3) is 0.600. The van der Waals surface area contributed by atoms with Crippen LogP contribution in [0.3, 0.4) is 0 Å². The molecule has 0 radical (unpaired) electrons. The third kappa shape index (κ3) is 6.75. The first kappa shape index (κ1) is 25.8. The van der Waals surface area contributed by atoms with Gasteiger partial charge in [0, 0.05) is 20.0 Å². The van der Waals surface area contributed by atoms with Crippen LogP contribution in [0.4, 0.5) is 13.2 Å². The van der Waals surface area contributed by atoms with Gasteiger partial charge in [0.15, 0.2) is 0 Å². The van der Waals surface area contributed by atoms with E-state index in [1.165, 1.54) is 23.0 Å². The van der Waals surface area contributed by atoms with Gasteiger partial charge in [-0.3, -0.25) is 9.29 Å². The van der Waals surface area contributed by atoms with Gasteiger partial charge >= 0.3 is 0 Å². The van der Waals surface area contributed by atoms with Crippen molar-refractivity contribution < 1.29 is 22.7 Å². The number of aromatic nitrogens is 3. The number of thiazole rings is 1. The summed E-state index contributed by atoms with van der Waals surface area (Å²) in [4.78, 5) is 15.7. The smallest absolute Gasteiger partial charge is 0.281 e. The maximum atomic E-state index is 13.2. The van der Waals surface area contributed by atoms with Crippen molar-refractivity contribution in [2.45, 2.75) is 31.7 Å². The highest BCUT2D eigenvalue weighted by molar-refractivity contribution is 7.09. The first-order chi connectivity index (χ1) is 15.5. The lowest BCUT2D eigenvalue weighted by Gasteiger charge is -2.36. The van der Waals surface area contributed by atoms with E-state index in [1.807, 2.05) is 0 Å². The van der Waals surface area contributed by atoms with E-state index in [4.69, 9.17) is 20.5 Å². The summed E-state index contributed by atoms with van der Waals surface area (Å²) >= 11 is 1.24. The molecular formula is C20H27F3N6O2S. The number of ether oxygens (including phenoxy) is 1. The second kappa shape index (κ2) is 13.1. The minimum absolute atomic E-state index is 0.0417. The number of nitrogens with zero attached hydrogens (tertiary/aromatic N) is 5. The fourth-order valence-corrected chi connectivity index (χ4v) is 4.39. The van der Waals surface area contributed by atoms with Crippen LogP contribution >= 0.6 is 11.3 Å². The van der Waals surface area contributed by atoms with E-state index in [-0.39, 0.29) is 24.7 Å². The van der Waals surface area contributed by atoms with Gasteiger partial charge in [0.05, 0.1) is 35.9 Å². The number of piperidine rings is 1. The molecule has 2 aromatic rings. The first-order valence-electron chi connectivity index (χ1n) is 10.2. The van der Waals surface area contributed by atoms with Crippen LogP contribution in [0.1, 0.15) is 47.9 Å². The number of halogens is 3. The number of nitrogens with two attached hydrogens (primary N) is 1. The molecule has 0 bridgehead atoms. The molecule has 32 heavy (non-hydrogen) atoms. The van der Waals surface area contributed by atoms with Crippen molar-refractivity contribution in [1.82, 2.24) is 19.7 Å². The van der Waals surface area contributed by atoms with E-state index in [1.54, 1.807) is 11.7 Å². The van der Waals surface area contributed by atoms with E-state index in [9.17, 15) is 13.2 Å². The van der Waals surface area contributed by atoms with Crippen LogP contribution in [-0.4, -0.2) is 58.9 Å². The molecule has 176 valence electrons. The fourth-order valence-electron chi connectivity index (χ4n) is 3.45. The molecule has 2 aromatic heterocycles. The van der Waals surface area contributed by atoms with Gasteiger partial charge in [-0.25, -0.2) is 18.4 Å². The van der Waals surface area contributed by atoms with Gasteiger partial charge in [-0.15, -0.1) is 11.3 Å². The second-order valence-corrected chi connectivity index (χ2v) is 8.07. The minimum Gasteiger partial charge on any atom is -0.477 e. The van der Waals surface area contributed by atoms with Crippen LogP contribution in [0.15, 0.2) is 11.7 Å². The lowest BCUT2D eigenvalue weighted by molar-refractivity contribution is -0.108. The summed E-state index contributed by atoms with van der Waals surface area (Å²) in [6, 6.07) is 1.84. The normalized spacial score (nSPS) is 15.7. The number of hydrogen-bond donors (Lipinski definition) is 1. The number of nitriles is 1. The summed E-state index contributed by atoms with van der Waals surface area (Å²) in [5, 5.41) is 13.1. The van der Waals surface area contributed by atoms with Crippen LogP contribution in [0.25, 0.3) is 0 Å². The average molecular weight is 473 g/mol. The second-order valence-electron chi connectivity index (χ2n) is 7.19. The van der Waals surface area contributed by atoms with Crippen molar-refractivity contribution in [1.29, 1.82) is 5.26 Å². The number of aryl methyl sites for hydroxylation is 1. The number of rotatable bonds is 9. The molecule has 0 aromatic carbocycles. The number of likely N-dealkylation sites (tertiary alicyclic amines) is 1. The van der Waals surface area contributed by atoms with E-state index in [0.29, 0.717) is 35.1 Å². The van der Waals surface area contributed by atoms with E-state index < -0.39 is 13.1 Å². The Morgan fingerprint density at radius 3 is 2.69 bits per heavy atom. The summed E-state index contributed by atoms with van der Waals surface area (Å²) in [6.45, 7) is 1.77. The Morgan fingerprint density at radius 1 is 1.44 bits per heavy atom. The molecule has 1 saturated heterocycles. The van der Waals surface area contributed by atoms with Crippen LogP contribution < -0.4 is 10.5 Å². The van der Waals surface area contributed by atoms with Crippen molar-refractivity contribution in [3.63, 3.8) is 0 Å². The molecule has 1 atom stereocenters. The molecule has 0 amide bonds. The topological polar surface area (TPSA) is 110 Å². The van der Waals surface area contributed by atoms with E-state index in [0.717, 1.165) is 25.9 Å². The molecule has 3 rings (SSSR count). The Bertz CT molecular complexity index is 877. The SMILES string of the molecule is Cn1ncc(C#N)c1OCC1CCN(C(CN)c2scnc2C(F)F)CC1.O=CCCF. The Kier molecular flexibility index (Phi) is 10.6. The molecule has 3 heterocycles. The van der Waals surface area contributed by atoms with Gasteiger partial charge in [-0.05, 0) is 31.8 Å². The van der Waals surface area contributed by atoms with Crippen molar-refractivity contribution in [3.05, 3.63) is 27.8 Å². The van der Waals surface area contributed by atoms with Gasteiger partial charge in [0.1, 0.15) is 23.6 Å². The molecule has 1 fully saturated rings. The van der Waals surface area contributed by atoms with Gasteiger partial charge in [0.25, 0.3) is 6.43 Å². The summed E-state index contributed by atoms with van der Waals surface area (Å²) in [7, 11) is 1.74. The number of hydrogen-bond acceptors (Lipinski definition) is 8. The molecule has 1 aliphatic heterocycles. The Morgan fingerprint density at radius 2 is 2.16 bits per heavy atom. The maximum absolute atomic E-state index is 13.2. The van der Waals surface area contributed by atoms with Gasteiger partial charge in [-0.2, -0.15) is 10.4 Å². The number of alkyl halides is 3. The number of carbonyl (C=O) groups is 1. The molecule has 0 spiro atoms.